The largest absolute Gasteiger partial charge is 0.337 e. The average Bonchev–Trinajstić information content (AvgIpc) is 3.02. The molecule has 0 aliphatic carbocycles. The van der Waals surface area contributed by atoms with Crippen molar-refractivity contribution in [2.75, 3.05) is 19.6 Å². The Labute approximate surface area is 144 Å². The summed E-state index contributed by atoms with van der Waals surface area (Å²) < 4.78 is 0. The van der Waals surface area contributed by atoms with Crippen LogP contribution in [0, 0.1) is 10.1 Å². The number of amides is 1. The lowest BCUT2D eigenvalue weighted by Crippen LogP contribution is -2.36. The van der Waals surface area contributed by atoms with E-state index in [1.54, 1.807) is 4.90 Å². The molecule has 0 aliphatic rings. The molecular formula is C15H18ClN3O3S. The number of halogens is 1. The number of nitrogens with zero attached hydrogens (tertiary/aromatic N) is 2. The molecule has 2 aromatic rings. The molecule has 23 heavy (non-hydrogen) atoms. The number of carbonyl (C=O) groups is 1. The molecule has 6 nitrogen and oxygen atoms in total. The van der Waals surface area contributed by atoms with Crippen molar-refractivity contribution >= 4 is 34.7 Å². The second-order valence-electron chi connectivity index (χ2n) is 4.75. The number of benzene rings is 1. The van der Waals surface area contributed by atoms with Crippen molar-refractivity contribution in [3.63, 3.8) is 0 Å². The van der Waals surface area contributed by atoms with Crippen molar-refractivity contribution in [1.82, 2.24) is 4.90 Å². The van der Waals surface area contributed by atoms with E-state index in [4.69, 9.17) is 5.73 Å². The Balaban J connectivity index is 0.00000264. The van der Waals surface area contributed by atoms with Crippen LogP contribution in [0.5, 0.6) is 0 Å². The van der Waals surface area contributed by atoms with Gasteiger partial charge in [-0.15, -0.1) is 12.4 Å². The van der Waals surface area contributed by atoms with Gasteiger partial charge in [0.05, 0.1) is 10.5 Å². The van der Waals surface area contributed by atoms with Gasteiger partial charge in [-0.1, -0.05) is 41.7 Å². The molecule has 2 rings (SSSR count). The zero-order chi connectivity index (χ0) is 15.9. The molecule has 0 fully saturated rings. The molecule has 1 amide bonds. The Hall–Kier alpha value is -1.96. The summed E-state index contributed by atoms with van der Waals surface area (Å²) in [6.07, 6.45) is 0.721. The third kappa shape index (κ3) is 5.31. The highest BCUT2D eigenvalue weighted by Crippen LogP contribution is 2.23. The van der Waals surface area contributed by atoms with Crippen molar-refractivity contribution in [3.8, 4) is 0 Å². The SMILES string of the molecule is Cl.NCCN(CCc1ccccc1)C(=O)c1csc([N+](=O)[O-])c1. The van der Waals surface area contributed by atoms with E-state index < -0.39 is 4.92 Å². The van der Waals surface area contributed by atoms with Crippen LogP contribution in [-0.4, -0.2) is 35.4 Å². The fourth-order valence-electron chi connectivity index (χ4n) is 2.09. The van der Waals surface area contributed by atoms with Gasteiger partial charge < -0.3 is 10.6 Å². The lowest BCUT2D eigenvalue weighted by molar-refractivity contribution is -0.380. The van der Waals surface area contributed by atoms with Gasteiger partial charge in [0, 0.05) is 31.1 Å². The zero-order valence-electron chi connectivity index (χ0n) is 12.4. The van der Waals surface area contributed by atoms with Gasteiger partial charge in [-0.3, -0.25) is 14.9 Å². The third-order valence-electron chi connectivity index (χ3n) is 3.21. The van der Waals surface area contributed by atoms with E-state index in [1.165, 1.54) is 11.4 Å². The summed E-state index contributed by atoms with van der Waals surface area (Å²) in [6, 6.07) is 11.2. The Morgan fingerprint density at radius 2 is 1.96 bits per heavy atom. The highest BCUT2D eigenvalue weighted by atomic mass is 35.5. The first-order valence-corrected chi connectivity index (χ1v) is 7.76. The van der Waals surface area contributed by atoms with Crippen LogP contribution in [-0.2, 0) is 6.42 Å². The summed E-state index contributed by atoms with van der Waals surface area (Å²) in [6.45, 7) is 1.31. The quantitative estimate of drug-likeness (QED) is 0.610. The summed E-state index contributed by atoms with van der Waals surface area (Å²) in [7, 11) is 0. The van der Waals surface area contributed by atoms with Crippen molar-refractivity contribution in [1.29, 1.82) is 0 Å². The molecule has 0 atom stereocenters. The van der Waals surface area contributed by atoms with Crippen molar-refractivity contribution < 1.29 is 9.72 Å². The maximum absolute atomic E-state index is 12.4. The number of hydrogen-bond donors (Lipinski definition) is 1. The van der Waals surface area contributed by atoms with Crippen LogP contribution in [0.15, 0.2) is 41.8 Å². The molecule has 0 unspecified atom stereocenters. The highest BCUT2D eigenvalue weighted by Gasteiger charge is 2.19. The molecule has 0 saturated carbocycles. The van der Waals surface area contributed by atoms with Crippen LogP contribution < -0.4 is 5.73 Å². The van der Waals surface area contributed by atoms with Crippen molar-refractivity contribution in [2.45, 2.75) is 6.42 Å². The minimum Gasteiger partial charge on any atom is -0.337 e. The molecule has 0 spiro atoms. The number of hydrogen-bond acceptors (Lipinski definition) is 5. The van der Waals surface area contributed by atoms with Gasteiger partial charge in [0.15, 0.2) is 0 Å². The van der Waals surface area contributed by atoms with E-state index in [0.717, 1.165) is 23.3 Å². The average molecular weight is 356 g/mol. The van der Waals surface area contributed by atoms with Gasteiger partial charge >= 0.3 is 5.00 Å². The van der Waals surface area contributed by atoms with Gasteiger partial charge in [-0.05, 0) is 12.0 Å². The predicted octanol–water partition coefficient (Wildman–Crippen LogP) is 2.72. The summed E-state index contributed by atoms with van der Waals surface area (Å²) >= 11 is 0.958. The van der Waals surface area contributed by atoms with Crippen LogP contribution in [0.1, 0.15) is 15.9 Å². The summed E-state index contributed by atoms with van der Waals surface area (Å²) in [5.41, 5.74) is 7.05. The van der Waals surface area contributed by atoms with Gasteiger partial charge in [-0.2, -0.15) is 0 Å². The topological polar surface area (TPSA) is 89.5 Å². The van der Waals surface area contributed by atoms with Crippen molar-refractivity contribution in [2.24, 2.45) is 5.73 Å². The first kappa shape index (κ1) is 19.1. The summed E-state index contributed by atoms with van der Waals surface area (Å²) in [5, 5.41) is 12.2. The van der Waals surface area contributed by atoms with Crippen LogP contribution in [0.3, 0.4) is 0 Å². The standard InChI is InChI=1S/C15H17N3O3S.ClH/c16-7-9-17(8-6-12-4-2-1-3-5-12)15(19)13-10-14(18(20)21)22-11-13;/h1-5,10-11H,6-9,16H2;1H. The lowest BCUT2D eigenvalue weighted by atomic mass is 10.1. The smallest absolute Gasteiger partial charge is 0.324 e. The summed E-state index contributed by atoms with van der Waals surface area (Å²) in [5.74, 6) is -0.217. The molecule has 0 radical (unpaired) electrons. The molecule has 1 aromatic heterocycles. The summed E-state index contributed by atoms with van der Waals surface area (Å²) in [4.78, 5) is 24.3. The van der Waals surface area contributed by atoms with E-state index in [0.29, 0.717) is 25.2 Å². The second kappa shape index (κ2) is 9.24. The number of nitrogens with two attached hydrogens (primary N) is 1. The Kier molecular flexibility index (Phi) is 7.67. The Morgan fingerprint density at radius 3 is 2.52 bits per heavy atom. The van der Waals surface area contributed by atoms with E-state index in [-0.39, 0.29) is 23.3 Å². The van der Waals surface area contributed by atoms with Crippen LogP contribution in [0.2, 0.25) is 0 Å². The zero-order valence-corrected chi connectivity index (χ0v) is 14.0. The first-order valence-electron chi connectivity index (χ1n) is 6.88. The van der Waals surface area contributed by atoms with E-state index in [2.05, 4.69) is 0 Å². The van der Waals surface area contributed by atoms with Gasteiger partial charge in [-0.25, -0.2) is 0 Å². The molecule has 0 bridgehead atoms. The minimum atomic E-state index is -0.487. The van der Waals surface area contributed by atoms with E-state index in [1.807, 2.05) is 30.3 Å². The lowest BCUT2D eigenvalue weighted by Gasteiger charge is -2.21. The molecule has 1 aromatic carbocycles. The molecule has 124 valence electrons. The minimum absolute atomic E-state index is 0. The van der Waals surface area contributed by atoms with Gasteiger partial charge in [0.25, 0.3) is 5.91 Å². The highest BCUT2D eigenvalue weighted by molar-refractivity contribution is 7.13. The van der Waals surface area contributed by atoms with Crippen LogP contribution in [0.25, 0.3) is 0 Å². The maximum Gasteiger partial charge on any atom is 0.324 e. The predicted molar refractivity (Wildman–Crippen MR) is 93.3 cm³/mol. The monoisotopic (exact) mass is 355 g/mol. The molecule has 0 saturated heterocycles. The second-order valence-corrected chi connectivity index (χ2v) is 5.64. The fourth-order valence-corrected chi connectivity index (χ4v) is 2.79. The van der Waals surface area contributed by atoms with Gasteiger partial charge in [0.2, 0.25) is 0 Å². The maximum atomic E-state index is 12.4. The van der Waals surface area contributed by atoms with E-state index in [9.17, 15) is 14.9 Å². The first-order chi connectivity index (χ1) is 10.6. The molecule has 0 aliphatic heterocycles. The Bertz CT molecular complexity index is 648. The van der Waals surface area contributed by atoms with E-state index >= 15 is 0 Å². The fraction of sp³-hybridized carbons (Fsp3) is 0.267. The third-order valence-corrected chi connectivity index (χ3v) is 4.09. The van der Waals surface area contributed by atoms with Crippen LogP contribution in [0.4, 0.5) is 5.00 Å². The normalized spacial score (nSPS) is 9.96. The number of rotatable bonds is 7. The molecule has 2 N–H and O–H groups in total. The molecule has 8 heteroatoms. The number of carbonyl (C=O) groups excluding carboxylic acids is 1. The molecule has 1 heterocycles. The van der Waals surface area contributed by atoms with Gasteiger partial charge in [0.1, 0.15) is 0 Å². The number of thiophene rings is 1. The number of nitro groups is 1. The van der Waals surface area contributed by atoms with Crippen LogP contribution >= 0.6 is 23.7 Å². The Morgan fingerprint density at radius 1 is 1.26 bits per heavy atom. The van der Waals surface area contributed by atoms with Crippen molar-refractivity contribution in [3.05, 3.63) is 63.0 Å². The molecular weight excluding hydrogens is 338 g/mol.